The average Bonchev–Trinajstić information content (AvgIpc) is 3.20. The number of aliphatic hydroxyl groups excluding tert-OH is 2. The van der Waals surface area contributed by atoms with Gasteiger partial charge in [0.2, 0.25) is 0 Å². The van der Waals surface area contributed by atoms with Gasteiger partial charge in [0.15, 0.2) is 18.5 Å². The Morgan fingerprint density at radius 3 is 1.72 bits per heavy atom. The lowest BCUT2D eigenvalue weighted by Crippen LogP contribution is -2.46. The quantitative estimate of drug-likeness (QED) is 0.360. The predicted octanol–water partition coefficient (Wildman–Crippen LogP) is 2.37. The first-order valence-corrected chi connectivity index (χ1v) is 11.2. The zero-order chi connectivity index (χ0) is 25.5. The van der Waals surface area contributed by atoms with Crippen molar-refractivity contribution in [2.75, 3.05) is 6.61 Å². The second-order valence-electron chi connectivity index (χ2n) is 7.99. The van der Waals surface area contributed by atoms with Crippen LogP contribution in [0.1, 0.15) is 31.1 Å². The summed E-state index contributed by atoms with van der Waals surface area (Å²) in [6.07, 6.45) is -7.45. The number of hydrogen-bond acceptors (Lipinski definition) is 9. The lowest BCUT2D eigenvalue weighted by molar-refractivity contribution is -0.152. The van der Waals surface area contributed by atoms with E-state index in [0.717, 1.165) is 0 Å². The van der Waals surface area contributed by atoms with Crippen LogP contribution in [0.5, 0.6) is 0 Å². The Kier molecular flexibility index (Phi) is 8.06. The molecule has 4 rings (SSSR count). The number of carbonyl (C=O) groups excluding carboxylic acids is 3. The maximum absolute atomic E-state index is 12.8. The van der Waals surface area contributed by atoms with E-state index in [1.54, 1.807) is 66.7 Å². The molecule has 0 unspecified atom stereocenters. The summed E-state index contributed by atoms with van der Waals surface area (Å²) in [4.78, 5) is 37.9. The van der Waals surface area contributed by atoms with Crippen LogP contribution in [0.15, 0.2) is 91.0 Å². The average molecular weight is 492 g/mol. The van der Waals surface area contributed by atoms with Gasteiger partial charge in [0.05, 0.1) is 16.7 Å². The van der Waals surface area contributed by atoms with Crippen LogP contribution in [0.3, 0.4) is 0 Å². The molecule has 3 aromatic rings. The molecule has 9 heteroatoms. The first-order chi connectivity index (χ1) is 17.4. The molecule has 1 heterocycles. The molecule has 1 fully saturated rings. The lowest BCUT2D eigenvalue weighted by atomic mass is 10.1. The minimum Gasteiger partial charge on any atom is -0.458 e. The van der Waals surface area contributed by atoms with Gasteiger partial charge < -0.3 is 29.2 Å². The number of ether oxygens (including phenoxy) is 4. The van der Waals surface area contributed by atoms with Crippen molar-refractivity contribution in [3.8, 4) is 0 Å². The van der Waals surface area contributed by atoms with Gasteiger partial charge in [-0.25, -0.2) is 14.4 Å². The molecule has 1 saturated heterocycles. The zero-order valence-corrected chi connectivity index (χ0v) is 19.0. The largest absolute Gasteiger partial charge is 0.458 e. The summed E-state index contributed by atoms with van der Waals surface area (Å²) in [7, 11) is 0. The van der Waals surface area contributed by atoms with Crippen LogP contribution in [0.2, 0.25) is 0 Å². The topological polar surface area (TPSA) is 129 Å². The van der Waals surface area contributed by atoms with Gasteiger partial charge in [0.25, 0.3) is 0 Å². The third kappa shape index (κ3) is 5.95. The van der Waals surface area contributed by atoms with Crippen LogP contribution in [-0.4, -0.2) is 65.4 Å². The highest BCUT2D eigenvalue weighted by Crippen LogP contribution is 2.28. The van der Waals surface area contributed by atoms with E-state index in [9.17, 15) is 24.6 Å². The number of esters is 3. The van der Waals surface area contributed by atoms with Crippen molar-refractivity contribution >= 4 is 17.9 Å². The van der Waals surface area contributed by atoms with Gasteiger partial charge in [0, 0.05) is 0 Å². The summed E-state index contributed by atoms with van der Waals surface area (Å²) in [6.45, 7) is -0.490. The maximum Gasteiger partial charge on any atom is 0.338 e. The van der Waals surface area contributed by atoms with Crippen LogP contribution in [0.25, 0.3) is 0 Å². The molecule has 5 atom stereocenters. The molecular weight excluding hydrogens is 468 g/mol. The Morgan fingerprint density at radius 1 is 0.722 bits per heavy atom. The van der Waals surface area contributed by atoms with E-state index in [1.807, 2.05) is 0 Å². The van der Waals surface area contributed by atoms with Gasteiger partial charge in [-0.15, -0.1) is 0 Å². The van der Waals surface area contributed by atoms with Gasteiger partial charge in [-0.2, -0.15) is 0 Å². The van der Waals surface area contributed by atoms with E-state index in [1.165, 1.54) is 24.3 Å². The van der Waals surface area contributed by atoms with Crippen molar-refractivity contribution in [1.29, 1.82) is 0 Å². The molecule has 0 saturated carbocycles. The molecule has 0 amide bonds. The fourth-order valence-corrected chi connectivity index (χ4v) is 3.67. The summed E-state index contributed by atoms with van der Waals surface area (Å²) in [5.74, 6) is -2.23. The Labute approximate surface area is 206 Å². The van der Waals surface area contributed by atoms with Crippen LogP contribution >= 0.6 is 0 Å². The number of carbonyl (C=O) groups is 3. The molecule has 1 aliphatic rings. The number of aliphatic hydroxyl groups is 2. The van der Waals surface area contributed by atoms with Crippen LogP contribution in [0, 0.1) is 0 Å². The SMILES string of the molecule is O=C(OC[C@@H](OC(=O)c1ccccc1)[C@@H]1O[C@H](O)[C@H](O)[C@H]1OC(=O)c1ccccc1)c1ccccc1. The van der Waals surface area contributed by atoms with Crippen LogP contribution in [-0.2, 0) is 18.9 Å². The highest BCUT2D eigenvalue weighted by Gasteiger charge is 2.51. The van der Waals surface area contributed by atoms with Gasteiger partial charge in [0.1, 0.15) is 18.8 Å². The number of hydrogen-bond donors (Lipinski definition) is 2. The van der Waals surface area contributed by atoms with E-state index < -0.39 is 55.2 Å². The molecule has 0 bridgehead atoms. The third-order valence-electron chi connectivity index (χ3n) is 5.52. The molecule has 9 nitrogen and oxygen atoms in total. The van der Waals surface area contributed by atoms with E-state index in [4.69, 9.17) is 18.9 Å². The van der Waals surface area contributed by atoms with Gasteiger partial charge in [-0.1, -0.05) is 54.6 Å². The van der Waals surface area contributed by atoms with Crippen molar-refractivity contribution in [3.63, 3.8) is 0 Å². The van der Waals surface area contributed by atoms with E-state index in [2.05, 4.69) is 0 Å². The summed E-state index contributed by atoms with van der Waals surface area (Å²) < 4.78 is 21.8. The number of benzene rings is 3. The van der Waals surface area contributed by atoms with Crippen molar-refractivity contribution < 1.29 is 43.5 Å². The molecule has 1 aliphatic heterocycles. The minimum atomic E-state index is -1.73. The summed E-state index contributed by atoms with van der Waals surface area (Å²) in [5.41, 5.74) is 0.692. The first kappa shape index (κ1) is 25.1. The summed E-state index contributed by atoms with van der Waals surface area (Å²) >= 11 is 0. The molecule has 0 aliphatic carbocycles. The third-order valence-corrected chi connectivity index (χ3v) is 5.52. The first-order valence-electron chi connectivity index (χ1n) is 11.2. The predicted molar refractivity (Wildman–Crippen MR) is 125 cm³/mol. The molecule has 186 valence electrons. The molecule has 0 aromatic heterocycles. The summed E-state index contributed by atoms with van der Waals surface area (Å²) in [5, 5.41) is 20.6. The van der Waals surface area contributed by atoms with Crippen molar-refractivity contribution in [3.05, 3.63) is 108 Å². The molecule has 0 spiro atoms. The fraction of sp³-hybridized carbons (Fsp3) is 0.222. The van der Waals surface area contributed by atoms with Gasteiger partial charge in [-0.3, -0.25) is 0 Å². The Bertz CT molecular complexity index is 1170. The van der Waals surface area contributed by atoms with E-state index >= 15 is 0 Å². The van der Waals surface area contributed by atoms with Crippen molar-refractivity contribution in [2.45, 2.75) is 30.7 Å². The standard InChI is InChI=1S/C27H24O9/c28-21-23(36-26(31)19-14-8-3-9-15-19)22(35-27(21)32)20(34-25(30)18-12-6-2-7-13-18)16-33-24(29)17-10-4-1-5-11-17/h1-15,20-23,27-28,32H,16H2/t20-,21-,22+,23-,27+/m1/s1. The molecular formula is C27H24O9. The van der Waals surface area contributed by atoms with Crippen molar-refractivity contribution in [2.24, 2.45) is 0 Å². The van der Waals surface area contributed by atoms with Gasteiger partial charge in [-0.05, 0) is 36.4 Å². The minimum absolute atomic E-state index is 0.207. The van der Waals surface area contributed by atoms with E-state index in [0.29, 0.717) is 0 Å². The van der Waals surface area contributed by atoms with Crippen molar-refractivity contribution in [1.82, 2.24) is 0 Å². The normalized spacial score (nSPS) is 21.8. The maximum atomic E-state index is 12.8. The van der Waals surface area contributed by atoms with Crippen LogP contribution in [0.4, 0.5) is 0 Å². The smallest absolute Gasteiger partial charge is 0.338 e. The number of rotatable bonds is 8. The van der Waals surface area contributed by atoms with Gasteiger partial charge >= 0.3 is 17.9 Å². The molecule has 0 radical (unpaired) electrons. The second kappa shape index (κ2) is 11.6. The highest BCUT2D eigenvalue weighted by molar-refractivity contribution is 5.90. The highest BCUT2D eigenvalue weighted by atomic mass is 16.7. The molecule has 3 aromatic carbocycles. The molecule has 36 heavy (non-hydrogen) atoms. The van der Waals surface area contributed by atoms with Crippen LogP contribution < -0.4 is 0 Å². The summed E-state index contributed by atoms with van der Waals surface area (Å²) in [6, 6.07) is 24.3. The fourth-order valence-electron chi connectivity index (χ4n) is 3.67. The molecule has 2 N–H and O–H groups in total. The Balaban J connectivity index is 1.56. The lowest BCUT2D eigenvalue weighted by Gasteiger charge is -2.27. The second-order valence-corrected chi connectivity index (χ2v) is 7.99. The Morgan fingerprint density at radius 2 is 1.19 bits per heavy atom. The monoisotopic (exact) mass is 492 g/mol. The zero-order valence-electron chi connectivity index (χ0n) is 19.0. The Hall–Kier alpha value is -4.05. The van der Waals surface area contributed by atoms with E-state index in [-0.39, 0.29) is 16.7 Å².